The van der Waals surface area contributed by atoms with Crippen LogP contribution in [0.5, 0.6) is 0 Å². The minimum Gasteiger partial charge on any atom is -0.460 e. The SMILES string of the molecule is N#CC(=Cc1ccc(CNC(=O)C(=O)Nc2ccccc2)o1)C(=O)NCc1cccnc1. The highest BCUT2D eigenvalue weighted by Gasteiger charge is 2.15. The van der Waals surface area contributed by atoms with E-state index in [-0.39, 0.29) is 24.4 Å². The molecule has 1 aromatic carbocycles. The Labute approximate surface area is 183 Å². The summed E-state index contributed by atoms with van der Waals surface area (Å²) < 4.78 is 5.51. The van der Waals surface area contributed by atoms with Gasteiger partial charge >= 0.3 is 11.8 Å². The fourth-order valence-corrected chi connectivity index (χ4v) is 2.60. The number of rotatable bonds is 7. The van der Waals surface area contributed by atoms with Gasteiger partial charge in [0.15, 0.2) is 0 Å². The maximum Gasteiger partial charge on any atom is 0.313 e. The predicted octanol–water partition coefficient (Wildman–Crippen LogP) is 2.15. The van der Waals surface area contributed by atoms with Gasteiger partial charge in [-0.25, -0.2) is 0 Å². The van der Waals surface area contributed by atoms with E-state index in [1.54, 1.807) is 67.0 Å². The standard InChI is InChI=1S/C23H19N5O4/c24-12-17(21(29)26-14-16-5-4-10-25-13-16)11-19-8-9-20(32-19)15-27-22(30)23(31)28-18-6-2-1-3-7-18/h1-11,13H,14-15H2,(H,26,29)(H,27,30)(H,28,31). The van der Waals surface area contributed by atoms with Crippen LogP contribution >= 0.6 is 0 Å². The first-order valence-electron chi connectivity index (χ1n) is 9.57. The van der Waals surface area contributed by atoms with Gasteiger partial charge in [0.05, 0.1) is 6.54 Å². The number of anilines is 1. The second-order valence-electron chi connectivity index (χ2n) is 6.52. The third-order valence-corrected chi connectivity index (χ3v) is 4.17. The Morgan fingerprint density at radius 1 is 0.938 bits per heavy atom. The Morgan fingerprint density at radius 2 is 1.72 bits per heavy atom. The molecule has 2 aromatic heterocycles. The van der Waals surface area contributed by atoms with Crippen LogP contribution in [-0.2, 0) is 27.5 Å². The topological polar surface area (TPSA) is 137 Å². The van der Waals surface area contributed by atoms with Crippen LogP contribution in [0.1, 0.15) is 17.1 Å². The van der Waals surface area contributed by atoms with Crippen molar-refractivity contribution in [1.82, 2.24) is 15.6 Å². The molecule has 160 valence electrons. The molecule has 0 saturated heterocycles. The molecular formula is C23H19N5O4. The minimum atomic E-state index is -0.824. The number of carbonyl (C=O) groups excluding carboxylic acids is 3. The lowest BCUT2D eigenvalue weighted by Crippen LogP contribution is -2.34. The maximum atomic E-state index is 12.2. The monoisotopic (exact) mass is 429 g/mol. The second-order valence-corrected chi connectivity index (χ2v) is 6.52. The molecule has 0 unspecified atom stereocenters. The fourth-order valence-electron chi connectivity index (χ4n) is 2.60. The van der Waals surface area contributed by atoms with E-state index in [2.05, 4.69) is 20.9 Å². The summed E-state index contributed by atoms with van der Waals surface area (Å²) in [7, 11) is 0. The van der Waals surface area contributed by atoms with E-state index in [1.165, 1.54) is 6.08 Å². The molecule has 3 rings (SSSR count). The average molecular weight is 429 g/mol. The zero-order chi connectivity index (χ0) is 22.8. The van der Waals surface area contributed by atoms with Crippen LogP contribution in [0.3, 0.4) is 0 Å². The largest absolute Gasteiger partial charge is 0.460 e. The highest BCUT2D eigenvalue weighted by molar-refractivity contribution is 6.39. The van der Waals surface area contributed by atoms with Crippen molar-refractivity contribution >= 4 is 29.5 Å². The van der Waals surface area contributed by atoms with Crippen LogP contribution in [0, 0.1) is 11.3 Å². The van der Waals surface area contributed by atoms with Crippen LogP contribution in [0.2, 0.25) is 0 Å². The first-order valence-corrected chi connectivity index (χ1v) is 9.57. The Bertz CT molecular complexity index is 1160. The molecule has 9 heteroatoms. The van der Waals surface area contributed by atoms with Crippen LogP contribution in [0.4, 0.5) is 5.69 Å². The van der Waals surface area contributed by atoms with Crippen LogP contribution in [0.15, 0.2) is 77.0 Å². The Kier molecular flexibility index (Phi) is 7.48. The lowest BCUT2D eigenvalue weighted by Gasteiger charge is -2.05. The Hall–Kier alpha value is -4.71. The van der Waals surface area contributed by atoms with Gasteiger partial charge in [0.25, 0.3) is 5.91 Å². The summed E-state index contributed by atoms with van der Waals surface area (Å²) >= 11 is 0. The van der Waals surface area contributed by atoms with E-state index >= 15 is 0 Å². The van der Waals surface area contributed by atoms with Crippen LogP contribution < -0.4 is 16.0 Å². The Morgan fingerprint density at radius 3 is 2.44 bits per heavy atom. The number of nitriles is 1. The van der Waals surface area contributed by atoms with Crippen molar-refractivity contribution in [2.75, 3.05) is 5.32 Å². The summed E-state index contributed by atoms with van der Waals surface area (Å²) in [5.41, 5.74) is 1.16. The summed E-state index contributed by atoms with van der Waals surface area (Å²) in [6, 6.07) is 17.1. The summed E-state index contributed by atoms with van der Waals surface area (Å²) in [4.78, 5) is 40.1. The van der Waals surface area contributed by atoms with Gasteiger partial charge in [-0.2, -0.15) is 5.26 Å². The number of amides is 3. The highest BCUT2D eigenvalue weighted by Crippen LogP contribution is 2.12. The van der Waals surface area contributed by atoms with Gasteiger partial charge in [0, 0.05) is 30.7 Å². The zero-order valence-corrected chi connectivity index (χ0v) is 16.9. The average Bonchev–Trinajstić information content (AvgIpc) is 3.28. The fraction of sp³-hybridized carbons (Fsp3) is 0.0870. The van der Waals surface area contributed by atoms with Crippen molar-refractivity contribution in [3.8, 4) is 6.07 Å². The summed E-state index contributed by atoms with van der Waals surface area (Å²) in [5, 5.41) is 16.8. The molecule has 0 spiro atoms. The second kappa shape index (κ2) is 10.9. The van der Waals surface area contributed by atoms with E-state index in [0.29, 0.717) is 11.4 Å². The van der Waals surface area contributed by atoms with Crippen molar-refractivity contribution in [3.63, 3.8) is 0 Å². The number of para-hydroxylation sites is 1. The number of hydrogen-bond donors (Lipinski definition) is 3. The van der Waals surface area contributed by atoms with Crippen molar-refractivity contribution < 1.29 is 18.8 Å². The molecule has 0 saturated carbocycles. The van der Waals surface area contributed by atoms with Crippen molar-refractivity contribution in [2.24, 2.45) is 0 Å². The summed E-state index contributed by atoms with van der Waals surface area (Å²) in [6.07, 6.45) is 4.54. The van der Waals surface area contributed by atoms with E-state index < -0.39 is 17.7 Å². The molecule has 0 atom stereocenters. The number of aromatic nitrogens is 1. The van der Waals surface area contributed by atoms with E-state index in [9.17, 15) is 19.6 Å². The van der Waals surface area contributed by atoms with E-state index in [1.807, 2.05) is 6.07 Å². The predicted molar refractivity (Wildman–Crippen MR) is 115 cm³/mol. The van der Waals surface area contributed by atoms with Crippen LogP contribution in [-0.4, -0.2) is 22.7 Å². The molecule has 0 bridgehead atoms. The van der Waals surface area contributed by atoms with Gasteiger partial charge in [0.1, 0.15) is 23.2 Å². The number of pyridine rings is 1. The smallest absolute Gasteiger partial charge is 0.313 e. The van der Waals surface area contributed by atoms with Gasteiger partial charge in [-0.15, -0.1) is 0 Å². The molecule has 0 aliphatic carbocycles. The number of nitrogens with one attached hydrogen (secondary N) is 3. The van der Waals surface area contributed by atoms with Crippen molar-refractivity contribution in [3.05, 3.63) is 89.6 Å². The first kappa shape index (κ1) is 22.0. The first-order chi connectivity index (χ1) is 15.5. The molecule has 3 aromatic rings. The number of benzene rings is 1. The van der Waals surface area contributed by atoms with Crippen molar-refractivity contribution in [2.45, 2.75) is 13.1 Å². The molecule has 2 heterocycles. The summed E-state index contributed by atoms with van der Waals surface area (Å²) in [5.74, 6) is -1.57. The van der Waals surface area contributed by atoms with Crippen LogP contribution in [0.25, 0.3) is 6.08 Å². The number of hydrogen-bond acceptors (Lipinski definition) is 6. The maximum absolute atomic E-state index is 12.2. The molecular weight excluding hydrogens is 410 g/mol. The van der Waals surface area contributed by atoms with Gasteiger partial charge in [-0.1, -0.05) is 24.3 Å². The van der Waals surface area contributed by atoms with E-state index in [0.717, 1.165) is 5.56 Å². The molecule has 3 N–H and O–H groups in total. The number of nitrogens with zero attached hydrogens (tertiary/aromatic N) is 2. The highest BCUT2D eigenvalue weighted by atomic mass is 16.3. The number of carbonyl (C=O) groups is 3. The third kappa shape index (κ3) is 6.40. The molecule has 3 amide bonds. The van der Waals surface area contributed by atoms with Gasteiger partial charge in [-0.3, -0.25) is 19.4 Å². The molecule has 9 nitrogen and oxygen atoms in total. The van der Waals surface area contributed by atoms with Crippen molar-refractivity contribution in [1.29, 1.82) is 5.26 Å². The van der Waals surface area contributed by atoms with Gasteiger partial charge in [-0.05, 0) is 35.9 Å². The molecule has 0 aliphatic rings. The quantitative estimate of drug-likeness (QED) is 0.299. The molecule has 0 fully saturated rings. The lowest BCUT2D eigenvalue weighted by atomic mass is 10.2. The normalized spacial score (nSPS) is 10.7. The van der Waals surface area contributed by atoms with E-state index in [4.69, 9.17) is 4.42 Å². The Balaban J connectivity index is 1.52. The van der Waals surface area contributed by atoms with Gasteiger partial charge < -0.3 is 20.4 Å². The molecule has 0 aliphatic heterocycles. The summed E-state index contributed by atoms with van der Waals surface area (Å²) in [6.45, 7) is 0.191. The molecule has 32 heavy (non-hydrogen) atoms. The minimum absolute atomic E-state index is 0.0377. The number of furan rings is 1. The lowest BCUT2D eigenvalue weighted by molar-refractivity contribution is -0.136. The van der Waals surface area contributed by atoms with Gasteiger partial charge in [0.2, 0.25) is 0 Å². The third-order valence-electron chi connectivity index (χ3n) is 4.17. The zero-order valence-electron chi connectivity index (χ0n) is 16.9. The molecule has 0 radical (unpaired) electrons.